The number of hydrogen-bond acceptors (Lipinski definition) is 4. The molecular weight excluding hydrogens is 276 g/mol. The molecule has 5 heteroatoms. The van der Waals surface area contributed by atoms with E-state index in [4.69, 9.17) is 14.6 Å². The lowest BCUT2D eigenvalue weighted by atomic mass is 10.1. The molecule has 0 spiro atoms. The van der Waals surface area contributed by atoms with Crippen LogP contribution in [0.4, 0.5) is 0 Å². The van der Waals surface area contributed by atoms with Crippen molar-refractivity contribution < 1.29 is 19.4 Å². The van der Waals surface area contributed by atoms with Crippen LogP contribution in [0.3, 0.4) is 0 Å². The monoisotopic (exact) mass is 296 g/mol. The fourth-order valence-corrected chi connectivity index (χ4v) is 3.26. The summed E-state index contributed by atoms with van der Waals surface area (Å²) in [6, 6.07) is 7.24. The number of benzene rings is 1. The molecule has 1 aromatic carbocycles. The highest BCUT2D eigenvalue weighted by Gasteiger charge is 2.24. The third-order valence-electron chi connectivity index (χ3n) is 3.27. The highest BCUT2D eigenvalue weighted by atomic mass is 32.2. The SMILES string of the molecule is CC1OCCC1SCCOc1ccc(CC(=O)O)cc1. The molecule has 1 fully saturated rings. The Bertz CT molecular complexity index is 432. The van der Waals surface area contributed by atoms with Crippen LogP contribution in [0, 0.1) is 0 Å². The van der Waals surface area contributed by atoms with Crippen molar-refractivity contribution in [2.45, 2.75) is 31.1 Å². The van der Waals surface area contributed by atoms with Gasteiger partial charge in [-0.3, -0.25) is 4.79 Å². The smallest absolute Gasteiger partial charge is 0.307 e. The quantitative estimate of drug-likeness (QED) is 0.784. The molecule has 4 nitrogen and oxygen atoms in total. The van der Waals surface area contributed by atoms with Crippen LogP contribution in [-0.4, -0.2) is 41.4 Å². The summed E-state index contributed by atoms with van der Waals surface area (Å²) in [5.74, 6) is 0.910. The van der Waals surface area contributed by atoms with Gasteiger partial charge in [0, 0.05) is 17.6 Å². The summed E-state index contributed by atoms with van der Waals surface area (Å²) >= 11 is 1.90. The van der Waals surface area contributed by atoms with Gasteiger partial charge in [-0.2, -0.15) is 11.8 Å². The molecule has 0 radical (unpaired) electrons. The zero-order chi connectivity index (χ0) is 14.4. The largest absolute Gasteiger partial charge is 0.493 e. The Balaban J connectivity index is 1.67. The second kappa shape index (κ2) is 7.55. The van der Waals surface area contributed by atoms with Gasteiger partial charge in [0.15, 0.2) is 0 Å². The summed E-state index contributed by atoms with van der Waals surface area (Å²) in [6.07, 6.45) is 1.51. The van der Waals surface area contributed by atoms with Crippen molar-refractivity contribution in [2.24, 2.45) is 0 Å². The van der Waals surface area contributed by atoms with Gasteiger partial charge in [0.25, 0.3) is 0 Å². The standard InChI is InChI=1S/C15H20O4S/c1-11-14(6-7-18-11)20-9-8-19-13-4-2-12(3-5-13)10-15(16)17/h2-5,11,14H,6-10H2,1H3,(H,16,17). The molecule has 1 saturated heterocycles. The van der Waals surface area contributed by atoms with Gasteiger partial charge in [0.1, 0.15) is 5.75 Å². The lowest BCUT2D eigenvalue weighted by Crippen LogP contribution is -2.15. The van der Waals surface area contributed by atoms with E-state index in [1.807, 2.05) is 23.9 Å². The number of carbonyl (C=O) groups is 1. The number of hydrogen-bond donors (Lipinski definition) is 1. The average Bonchev–Trinajstić information content (AvgIpc) is 2.82. The third-order valence-corrected chi connectivity index (χ3v) is 4.72. The second-order valence-corrected chi connectivity index (χ2v) is 6.18. The summed E-state index contributed by atoms with van der Waals surface area (Å²) in [5, 5.41) is 9.27. The number of aliphatic carboxylic acids is 1. The molecule has 2 unspecified atom stereocenters. The minimum atomic E-state index is -0.817. The van der Waals surface area contributed by atoms with E-state index in [0.717, 1.165) is 30.1 Å². The van der Waals surface area contributed by atoms with Gasteiger partial charge in [0.05, 0.1) is 19.1 Å². The lowest BCUT2D eigenvalue weighted by molar-refractivity contribution is -0.136. The van der Waals surface area contributed by atoms with E-state index >= 15 is 0 Å². The average molecular weight is 296 g/mol. The van der Waals surface area contributed by atoms with Crippen LogP contribution in [0.5, 0.6) is 5.75 Å². The van der Waals surface area contributed by atoms with Gasteiger partial charge in [0.2, 0.25) is 0 Å². The summed E-state index contributed by atoms with van der Waals surface area (Å²) in [7, 11) is 0. The third kappa shape index (κ3) is 4.72. The van der Waals surface area contributed by atoms with Crippen molar-refractivity contribution in [1.82, 2.24) is 0 Å². The van der Waals surface area contributed by atoms with E-state index in [0.29, 0.717) is 18.0 Å². The van der Waals surface area contributed by atoms with Crippen molar-refractivity contribution in [3.8, 4) is 5.75 Å². The van der Waals surface area contributed by atoms with Crippen LogP contribution >= 0.6 is 11.8 Å². The normalized spacial score (nSPS) is 21.9. The molecule has 20 heavy (non-hydrogen) atoms. The molecule has 1 heterocycles. The highest BCUT2D eigenvalue weighted by molar-refractivity contribution is 8.00. The minimum absolute atomic E-state index is 0.0513. The Hall–Kier alpha value is -1.20. The highest BCUT2D eigenvalue weighted by Crippen LogP contribution is 2.26. The molecule has 0 saturated carbocycles. The zero-order valence-corrected chi connectivity index (χ0v) is 12.4. The van der Waals surface area contributed by atoms with E-state index in [2.05, 4.69) is 6.92 Å². The molecule has 1 N–H and O–H groups in total. The summed E-state index contributed by atoms with van der Waals surface area (Å²) in [6.45, 7) is 3.64. The molecule has 110 valence electrons. The maximum atomic E-state index is 10.6. The van der Waals surface area contributed by atoms with E-state index in [-0.39, 0.29) is 6.42 Å². The molecule has 2 rings (SSSR count). The molecule has 0 amide bonds. The molecule has 1 aliphatic rings. The van der Waals surface area contributed by atoms with Crippen LogP contribution in [0.2, 0.25) is 0 Å². The molecule has 2 atom stereocenters. The van der Waals surface area contributed by atoms with Gasteiger partial charge in [-0.1, -0.05) is 12.1 Å². The first kappa shape index (κ1) is 15.2. The van der Waals surface area contributed by atoms with Gasteiger partial charge in [-0.05, 0) is 31.0 Å². The Morgan fingerprint density at radius 1 is 1.45 bits per heavy atom. The predicted molar refractivity (Wildman–Crippen MR) is 79.6 cm³/mol. The number of ether oxygens (including phenoxy) is 2. The number of carboxylic acid groups (broad SMARTS) is 1. The number of carboxylic acids is 1. The topological polar surface area (TPSA) is 55.8 Å². The molecule has 1 aliphatic heterocycles. The molecule has 1 aromatic rings. The molecule has 0 bridgehead atoms. The van der Waals surface area contributed by atoms with Gasteiger partial charge < -0.3 is 14.6 Å². The molecule has 0 aliphatic carbocycles. The summed E-state index contributed by atoms with van der Waals surface area (Å²) in [5.41, 5.74) is 0.788. The van der Waals surface area contributed by atoms with Crippen LogP contribution < -0.4 is 4.74 Å². The first-order chi connectivity index (χ1) is 9.65. The van der Waals surface area contributed by atoms with Crippen LogP contribution in [0.15, 0.2) is 24.3 Å². The van der Waals surface area contributed by atoms with E-state index in [1.54, 1.807) is 12.1 Å². The number of thioether (sulfide) groups is 1. The molecule has 0 aromatic heterocycles. The van der Waals surface area contributed by atoms with Crippen molar-refractivity contribution in [3.05, 3.63) is 29.8 Å². The number of rotatable bonds is 7. The van der Waals surface area contributed by atoms with Gasteiger partial charge in [-0.15, -0.1) is 0 Å². The van der Waals surface area contributed by atoms with E-state index < -0.39 is 5.97 Å². The lowest BCUT2D eigenvalue weighted by Gasteiger charge is -2.13. The maximum Gasteiger partial charge on any atom is 0.307 e. The van der Waals surface area contributed by atoms with Gasteiger partial charge in [-0.25, -0.2) is 0 Å². The van der Waals surface area contributed by atoms with Crippen LogP contribution in [-0.2, 0) is 16.0 Å². The van der Waals surface area contributed by atoms with Crippen molar-refractivity contribution in [2.75, 3.05) is 19.0 Å². The first-order valence-electron chi connectivity index (χ1n) is 6.82. The van der Waals surface area contributed by atoms with Crippen molar-refractivity contribution >= 4 is 17.7 Å². The van der Waals surface area contributed by atoms with E-state index in [9.17, 15) is 4.79 Å². The van der Waals surface area contributed by atoms with Crippen LogP contribution in [0.1, 0.15) is 18.9 Å². The fraction of sp³-hybridized carbons (Fsp3) is 0.533. The predicted octanol–water partition coefficient (Wildman–Crippen LogP) is 2.60. The van der Waals surface area contributed by atoms with Crippen molar-refractivity contribution in [3.63, 3.8) is 0 Å². The minimum Gasteiger partial charge on any atom is -0.493 e. The first-order valence-corrected chi connectivity index (χ1v) is 7.87. The second-order valence-electron chi connectivity index (χ2n) is 4.84. The van der Waals surface area contributed by atoms with Gasteiger partial charge >= 0.3 is 5.97 Å². The van der Waals surface area contributed by atoms with Crippen LogP contribution in [0.25, 0.3) is 0 Å². The summed E-state index contributed by atoms with van der Waals surface area (Å²) in [4.78, 5) is 10.6. The van der Waals surface area contributed by atoms with E-state index in [1.165, 1.54) is 0 Å². The maximum absolute atomic E-state index is 10.6. The fourth-order valence-electron chi connectivity index (χ4n) is 2.17. The zero-order valence-electron chi connectivity index (χ0n) is 11.6. The Labute approximate surface area is 123 Å². The Morgan fingerprint density at radius 2 is 2.20 bits per heavy atom. The van der Waals surface area contributed by atoms with Crippen molar-refractivity contribution in [1.29, 1.82) is 0 Å². The molecular formula is C15H20O4S. The Kier molecular flexibility index (Phi) is 5.73. The summed E-state index contributed by atoms with van der Waals surface area (Å²) < 4.78 is 11.2. The Morgan fingerprint density at radius 3 is 2.80 bits per heavy atom.